The Labute approximate surface area is 122 Å². The van der Waals surface area contributed by atoms with Crippen LogP contribution in [0.3, 0.4) is 0 Å². The van der Waals surface area contributed by atoms with Gasteiger partial charge in [0.05, 0.1) is 13.2 Å². The summed E-state index contributed by atoms with van der Waals surface area (Å²) >= 11 is 6.02. The first-order valence-electron chi connectivity index (χ1n) is 4.60. The summed E-state index contributed by atoms with van der Waals surface area (Å²) in [7, 11) is -3.02. The SMILES string of the molecule is CCOP(=O)(OCC)C1(I)CC=C(I)S1. The number of hydrogen-bond donors (Lipinski definition) is 0. The summed E-state index contributed by atoms with van der Waals surface area (Å²) < 4.78 is 24.0. The van der Waals surface area contributed by atoms with Crippen molar-refractivity contribution in [3.8, 4) is 0 Å². The minimum atomic E-state index is -3.02. The molecule has 0 bridgehead atoms. The standard InChI is InChI=1S/C8H13I2O3PS/c1-3-12-14(11,13-4-2)8(10)6-5-7(9)15-8/h5H,3-4,6H2,1-2H3. The highest BCUT2D eigenvalue weighted by molar-refractivity contribution is 14.1. The normalized spacial score (nSPS) is 26.8. The van der Waals surface area contributed by atoms with E-state index in [1.54, 1.807) is 11.8 Å². The maximum Gasteiger partial charge on any atom is 0.357 e. The van der Waals surface area contributed by atoms with Crippen LogP contribution in [0.1, 0.15) is 20.3 Å². The third-order valence-corrected chi connectivity index (χ3v) is 9.73. The van der Waals surface area contributed by atoms with E-state index in [4.69, 9.17) is 9.05 Å². The van der Waals surface area contributed by atoms with E-state index in [1.165, 1.54) is 0 Å². The van der Waals surface area contributed by atoms with Crippen LogP contribution in [0.5, 0.6) is 0 Å². The van der Waals surface area contributed by atoms with Gasteiger partial charge in [-0.25, -0.2) is 0 Å². The number of rotatable bonds is 5. The summed E-state index contributed by atoms with van der Waals surface area (Å²) in [5.41, 5.74) is 0. The van der Waals surface area contributed by atoms with Gasteiger partial charge < -0.3 is 9.05 Å². The van der Waals surface area contributed by atoms with Gasteiger partial charge in [-0.2, -0.15) is 0 Å². The van der Waals surface area contributed by atoms with Gasteiger partial charge in [0.1, 0.15) is 0 Å². The monoisotopic (exact) mass is 474 g/mol. The summed E-state index contributed by atoms with van der Waals surface area (Å²) in [5, 5.41) is 0. The van der Waals surface area contributed by atoms with Crippen molar-refractivity contribution in [2.45, 2.75) is 22.8 Å². The molecule has 0 aliphatic carbocycles. The zero-order chi connectivity index (χ0) is 11.5. The lowest BCUT2D eigenvalue weighted by atomic mass is 10.5. The van der Waals surface area contributed by atoms with Crippen LogP contribution in [0.2, 0.25) is 0 Å². The number of hydrogen-bond acceptors (Lipinski definition) is 4. The number of alkyl halides is 1. The fourth-order valence-electron chi connectivity index (χ4n) is 1.18. The van der Waals surface area contributed by atoms with Crippen molar-refractivity contribution in [3.63, 3.8) is 0 Å². The van der Waals surface area contributed by atoms with Gasteiger partial charge in [-0.15, -0.1) is 0 Å². The molecule has 1 aliphatic heterocycles. The van der Waals surface area contributed by atoms with Crippen LogP contribution in [0.25, 0.3) is 0 Å². The van der Waals surface area contributed by atoms with Crippen LogP contribution in [0.4, 0.5) is 0 Å². The summed E-state index contributed by atoms with van der Waals surface area (Å²) in [5.74, 6) is 0. The van der Waals surface area contributed by atoms with Crippen LogP contribution in [-0.2, 0) is 13.6 Å². The zero-order valence-electron chi connectivity index (χ0n) is 8.53. The van der Waals surface area contributed by atoms with Gasteiger partial charge in [-0.1, -0.05) is 40.4 Å². The van der Waals surface area contributed by atoms with Crippen LogP contribution >= 0.6 is 64.5 Å². The summed E-state index contributed by atoms with van der Waals surface area (Å²) in [4.78, 5) is 0. The molecule has 88 valence electrons. The second-order valence-corrected chi connectivity index (χ2v) is 12.1. The molecule has 7 heteroatoms. The molecule has 0 saturated carbocycles. The Bertz CT molecular complexity index is 300. The topological polar surface area (TPSA) is 35.5 Å². The van der Waals surface area contributed by atoms with E-state index in [-0.39, 0.29) is 0 Å². The molecule has 3 nitrogen and oxygen atoms in total. The summed E-state index contributed by atoms with van der Waals surface area (Å²) in [6.07, 6.45) is 2.80. The van der Waals surface area contributed by atoms with E-state index in [0.717, 1.165) is 9.33 Å². The maximum atomic E-state index is 12.6. The van der Waals surface area contributed by atoms with Crippen molar-refractivity contribution < 1.29 is 13.6 Å². The van der Waals surface area contributed by atoms with Gasteiger partial charge in [0.25, 0.3) is 0 Å². The Morgan fingerprint density at radius 1 is 1.53 bits per heavy atom. The van der Waals surface area contributed by atoms with Gasteiger partial charge in [-0.05, 0) is 36.4 Å². The number of allylic oxidation sites excluding steroid dienone is 1. The van der Waals surface area contributed by atoms with Gasteiger partial charge in [0, 0.05) is 9.33 Å². The quantitative estimate of drug-likeness (QED) is 0.328. The molecule has 0 amide bonds. The molecule has 0 aromatic carbocycles. The van der Waals surface area contributed by atoms with E-state index < -0.39 is 10.1 Å². The largest absolute Gasteiger partial charge is 0.357 e. The van der Waals surface area contributed by atoms with Crippen molar-refractivity contribution in [1.29, 1.82) is 0 Å². The lowest BCUT2D eigenvalue weighted by molar-refractivity contribution is 0.217. The van der Waals surface area contributed by atoms with Crippen LogP contribution in [-0.4, -0.2) is 15.7 Å². The maximum absolute atomic E-state index is 12.6. The molecular weight excluding hydrogens is 461 g/mol. The Morgan fingerprint density at radius 2 is 2.07 bits per heavy atom. The molecule has 1 heterocycles. The van der Waals surface area contributed by atoms with Gasteiger partial charge in [0.2, 0.25) is 0 Å². The van der Waals surface area contributed by atoms with Gasteiger partial charge in [0.15, 0.2) is 2.49 Å². The summed E-state index contributed by atoms with van der Waals surface area (Å²) in [6.45, 7) is 4.51. The highest BCUT2D eigenvalue weighted by atomic mass is 127. The van der Waals surface area contributed by atoms with E-state index in [0.29, 0.717) is 13.2 Å². The Morgan fingerprint density at radius 3 is 2.40 bits per heavy atom. The highest BCUT2D eigenvalue weighted by Crippen LogP contribution is 2.73. The molecule has 0 N–H and O–H groups in total. The second kappa shape index (κ2) is 6.04. The second-order valence-electron chi connectivity index (χ2n) is 2.84. The van der Waals surface area contributed by atoms with E-state index in [1.807, 2.05) is 13.8 Å². The minimum Gasteiger partial charge on any atom is -0.307 e. The van der Waals surface area contributed by atoms with Gasteiger partial charge in [-0.3, -0.25) is 4.57 Å². The van der Waals surface area contributed by atoms with Crippen LogP contribution < -0.4 is 0 Å². The molecule has 0 fully saturated rings. The Balaban J connectivity index is 2.85. The lowest BCUT2D eigenvalue weighted by Crippen LogP contribution is -2.16. The van der Waals surface area contributed by atoms with Crippen molar-refractivity contribution in [1.82, 2.24) is 0 Å². The van der Waals surface area contributed by atoms with Crippen molar-refractivity contribution in [2.75, 3.05) is 13.2 Å². The first-order valence-corrected chi connectivity index (χ1v) is 9.12. The van der Waals surface area contributed by atoms with Gasteiger partial charge >= 0.3 is 7.60 Å². The summed E-state index contributed by atoms with van der Waals surface area (Å²) in [6, 6.07) is 0. The average Bonchev–Trinajstić information content (AvgIpc) is 2.49. The minimum absolute atomic E-state index is 0.416. The van der Waals surface area contributed by atoms with E-state index >= 15 is 0 Å². The fraction of sp³-hybridized carbons (Fsp3) is 0.750. The number of halogens is 2. The Kier molecular flexibility index (Phi) is 5.94. The molecule has 0 saturated heterocycles. The molecule has 1 aliphatic rings. The molecule has 0 radical (unpaired) electrons. The van der Waals surface area contributed by atoms with Crippen molar-refractivity contribution in [2.24, 2.45) is 0 Å². The molecule has 0 aromatic heterocycles. The van der Waals surface area contributed by atoms with Crippen molar-refractivity contribution >= 4 is 64.5 Å². The molecule has 0 spiro atoms. The molecule has 1 rings (SSSR count). The third-order valence-electron chi connectivity index (χ3n) is 1.78. The average molecular weight is 474 g/mol. The zero-order valence-corrected chi connectivity index (χ0v) is 14.6. The highest BCUT2D eigenvalue weighted by Gasteiger charge is 2.51. The van der Waals surface area contributed by atoms with E-state index in [2.05, 4.69) is 51.3 Å². The fourth-order valence-corrected chi connectivity index (χ4v) is 9.22. The lowest BCUT2D eigenvalue weighted by Gasteiger charge is -2.29. The van der Waals surface area contributed by atoms with Crippen LogP contribution in [0, 0.1) is 0 Å². The first-order chi connectivity index (χ1) is 6.97. The van der Waals surface area contributed by atoms with Crippen molar-refractivity contribution in [3.05, 3.63) is 8.99 Å². The third kappa shape index (κ3) is 3.34. The molecule has 1 unspecified atom stereocenters. The first kappa shape index (κ1) is 14.8. The number of thioether (sulfide) groups is 1. The van der Waals surface area contributed by atoms with E-state index in [9.17, 15) is 4.57 Å². The smallest absolute Gasteiger partial charge is 0.307 e. The predicted octanol–water partition coefficient (Wildman–Crippen LogP) is 4.75. The molecule has 0 aromatic rings. The Hall–Kier alpha value is 1.70. The molecular formula is C8H13I2O3PS. The van der Waals surface area contributed by atoms with Crippen LogP contribution in [0.15, 0.2) is 8.99 Å². The molecule has 15 heavy (non-hydrogen) atoms. The predicted molar refractivity (Wildman–Crippen MR) is 81.9 cm³/mol. The molecule has 1 atom stereocenters.